The van der Waals surface area contributed by atoms with E-state index in [1.165, 1.54) is 5.56 Å². The van der Waals surface area contributed by atoms with Gasteiger partial charge in [-0.25, -0.2) is 0 Å². The van der Waals surface area contributed by atoms with Gasteiger partial charge in [0.2, 0.25) is 5.91 Å². The maximum atomic E-state index is 12.5. The van der Waals surface area contributed by atoms with Crippen LogP contribution >= 0.6 is 23.2 Å². The molecule has 0 unspecified atom stereocenters. The fraction of sp³-hybridized carbons (Fsp3) is 0.222. The van der Waals surface area contributed by atoms with Crippen LogP contribution < -0.4 is 5.32 Å². The van der Waals surface area contributed by atoms with E-state index in [1.807, 2.05) is 18.2 Å². The molecule has 32 heavy (non-hydrogen) atoms. The Bertz CT molecular complexity index is 1150. The van der Waals surface area contributed by atoms with Gasteiger partial charge < -0.3 is 10.4 Å². The molecular formula is C27H27Cl2NO2. The van der Waals surface area contributed by atoms with Gasteiger partial charge in [-0.15, -0.1) is 0 Å². The van der Waals surface area contributed by atoms with Crippen molar-refractivity contribution in [1.29, 1.82) is 0 Å². The normalized spacial score (nSPS) is 11.3. The summed E-state index contributed by atoms with van der Waals surface area (Å²) in [4.78, 5) is 12.5. The van der Waals surface area contributed by atoms with Crippen molar-refractivity contribution >= 4 is 40.6 Å². The number of aliphatic hydroxyl groups excluding tert-OH is 1. The Morgan fingerprint density at radius 3 is 2.19 bits per heavy atom. The number of aryl methyl sites for hydroxylation is 1. The highest BCUT2D eigenvalue weighted by Gasteiger charge is 2.15. The highest BCUT2D eigenvalue weighted by molar-refractivity contribution is 6.42. The van der Waals surface area contributed by atoms with Crippen LogP contribution in [0.4, 0.5) is 5.69 Å². The fourth-order valence-electron chi connectivity index (χ4n) is 3.40. The molecule has 0 atom stereocenters. The van der Waals surface area contributed by atoms with Crippen molar-refractivity contribution in [3.05, 3.63) is 94.0 Å². The Hall–Kier alpha value is -2.75. The third kappa shape index (κ3) is 5.93. The fourth-order valence-corrected chi connectivity index (χ4v) is 3.72. The zero-order chi connectivity index (χ0) is 23.5. The summed E-state index contributed by atoms with van der Waals surface area (Å²) in [5.41, 5.74) is 5.22. The van der Waals surface area contributed by atoms with Crippen molar-refractivity contribution in [3.63, 3.8) is 0 Å². The van der Waals surface area contributed by atoms with Gasteiger partial charge in [0.1, 0.15) is 5.76 Å². The minimum absolute atomic E-state index is 0.0779. The van der Waals surface area contributed by atoms with Gasteiger partial charge in [-0.2, -0.15) is 0 Å². The van der Waals surface area contributed by atoms with Gasteiger partial charge >= 0.3 is 0 Å². The Morgan fingerprint density at radius 1 is 0.938 bits per heavy atom. The Labute approximate surface area is 199 Å². The number of aliphatic hydroxyl groups is 1. The first kappa shape index (κ1) is 23.9. The van der Waals surface area contributed by atoms with E-state index in [9.17, 15) is 9.90 Å². The summed E-state index contributed by atoms with van der Waals surface area (Å²) in [5.74, 6) is -0.265. The van der Waals surface area contributed by atoms with E-state index >= 15 is 0 Å². The number of rotatable bonds is 6. The summed E-state index contributed by atoms with van der Waals surface area (Å²) in [7, 11) is 0. The lowest BCUT2D eigenvalue weighted by Crippen LogP contribution is -2.13. The molecule has 2 N–H and O–H groups in total. The summed E-state index contributed by atoms with van der Waals surface area (Å²) in [6, 6.07) is 19.2. The van der Waals surface area contributed by atoms with E-state index in [4.69, 9.17) is 23.2 Å². The number of carbonyl (C=O) groups is 1. The van der Waals surface area contributed by atoms with Crippen molar-refractivity contribution in [2.75, 3.05) is 5.32 Å². The molecular weight excluding hydrogens is 441 g/mol. The Balaban J connectivity index is 1.75. The molecule has 0 aliphatic heterocycles. The van der Waals surface area contributed by atoms with E-state index < -0.39 is 0 Å². The van der Waals surface area contributed by atoms with Gasteiger partial charge in [0, 0.05) is 12.0 Å². The number of halogens is 2. The predicted octanol–water partition coefficient (Wildman–Crippen LogP) is 8.06. The first-order valence-corrected chi connectivity index (χ1v) is 11.2. The van der Waals surface area contributed by atoms with E-state index in [2.05, 4.69) is 56.9 Å². The lowest BCUT2D eigenvalue weighted by atomic mass is 9.86. The molecule has 0 spiro atoms. The van der Waals surface area contributed by atoms with Gasteiger partial charge in [-0.1, -0.05) is 87.0 Å². The molecule has 0 aliphatic rings. The zero-order valence-corrected chi connectivity index (χ0v) is 20.0. The molecule has 0 saturated carbocycles. The van der Waals surface area contributed by atoms with Crippen molar-refractivity contribution in [2.45, 2.75) is 39.0 Å². The second kappa shape index (κ2) is 9.81. The van der Waals surface area contributed by atoms with E-state index in [0.717, 1.165) is 16.7 Å². The number of amides is 1. The molecule has 0 bridgehead atoms. The van der Waals surface area contributed by atoms with Crippen LogP contribution in [0.25, 0.3) is 16.9 Å². The van der Waals surface area contributed by atoms with Gasteiger partial charge in [0.25, 0.3) is 0 Å². The van der Waals surface area contributed by atoms with Crippen molar-refractivity contribution in [3.8, 4) is 11.1 Å². The topological polar surface area (TPSA) is 49.3 Å². The summed E-state index contributed by atoms with van der Waals surface area (Å²) in [6.07, 6.45) is 0.793. The molecule has 0 radical (unpaired) electrons. The standard InChI is InChI=1S/C27H27Cl2NO2/c1-17(31)22-16-20(19-7-10-21(11-8-19)27(2,3)4)9-13-25(22)30-26(32)14-6-18-5-12-23(28)24(29)15-18/h5,7-13,15-16,31H,1,6,14H2,2-4H3,(H,30,32). The monoisotopic (exact) mass is 467 g/mol. The van der Waals surface area contributed by atoms with Crippen molar-refractivity contribution in [1.82, 2.24) is 0 Å². The van der Waals surface area contributed by atoms with Gasteiger partial charge in [-0.3, -0.25) is 4.79 Å². The third-order valence-corrected chi connectivity index (χ3v) is 6.05. The number of benzene rings is 3. The van der Waals surface area contributed by atoms with E-state index in [-0.39, 0.29) is 23.5 Å². The van der Waals surface area contributed by atoms with E-state index in [0.29, 0.717) is 27.7 Å². The average Bonchev–Trinajstić information content (AvgIpc) is 2.74. The minimum Gasteiger partial charge on any atom is -0.508 e. The molecule has 0 aromatic heterocycles. The third-order valence-electron chi connectivity index (χ3n) is 5.31. The lowest BCUT2D eigenvalue weighted by Gasteiger charge is -2.19. The number of nitrogens with one attached hydrogen (secondary N) is 1. The van der Waals surface area contributed by atoms with Crippen LogP contribution in [-0.4, -0.2) is 11.0 Å². The number of anilines is 1. The van der Waals surface area contributed by atoms with Crippen LogP contribution in [0.3, 0.4) is 0 Å². The maximum Gasteiger partial charge on any atom is 0.224 e. The maximum absolute atomic E-state index is 12.5. The van der Waals surface area contributed by atoms with Crippen LogP contribution in [0.15, 0.2) is 67.2 Å². The molecule has 0 fully saturated rings. The van der Waals surface area contributed by atoms with Gasteiger partial charge in [0.15, 0.2) is 0 Å². The molecule has 3 aromatic carbocycles. The van der Waals surface area contributed by atoms with Crippen LogP contribution in [0.2, 0.25) is 10.0 Å². The number of hydrogen-bond acceptors (Lipinski definition) is 2. The molecule has 3 rings (SSSR count). The van der Waals surface area contributed by atoms with Crippen LogP contribution in [0.5, 0.6) is 0 Å². The summed E-state index contributed by atoms with van der Waals surface area (Å²) >= 11 is 12.0. The Morgan fingerprint density at radius 2 is 1.59 bits per heavy atom. The molecule has 3 nitrogen and oxygen atoms in total. The molecule has 1 amide bonds. The first-order valence-electron chi connectivity index (χ1n) is 10.4. The van der Waals surface area contributed by atoms with Crippen LogP contribution in [0.1, 0.15) is 43.9 Å². The second-order valence-corrected chi connectivity index (χ2v) is 9.65. The van der Waals surface area contributed by atoms with E-state index in [1.54, 1.807) is 18.2 Å². The zero-order valence-electron chi connectivity index (χ0n) is 18.5. The van der Waals surface area contributed by atoms with Gasteiger partial charge in [-0.05, 0) is 58.4 Å². The smallest absolute Gasteiger partial charge is 0.224 e. The van der Waals surface area contributed by atoms with Crippen LogP contribution in [0, 0.1) is 0 Å². The SMILES string of the molecule is C=C(O)c1cc(-c2ccc(C(C)(C)C)cc2)ccc1NC(=O)CCc1ccc(Cl)c(Cl)c1. The number of hydrogen-bond donors (Lipinski definition) is 2. The largest absolute Gasteiger partial charge is 0.508 e. The quantitative estimate of drug-likeness (QED) is 0.360. The molecule has 0 saturated heterocycles. The molecule has 166 valence electrons. The summed E-state index contributed by atoms with van der Waals surface area (Å²) < 4.78 is 0. The molecule has 3 aromatic rings. The molecule has 5 heteroatoms. The molecule has 0 heterocycles. The second-order valence-electron chi connectivity index (χ2n) is 8.83. The van der Waals surface area contributed by atoms with Crippen molar-refractivity contribution < 1.29 is 9.90 Å². The van der Waals surface area contributed by atoms with Crippen LogP contribution in [-0.2, 0) is 16.6 Å². The molecule has 0 aliphatic carbocycles. The highest BCUT2D eigenvalue weighted by atomic mass is 35.5. The predicted molar refractivity (Wildman–Crippen MR) is 136 cm³/mol. The Kier molecular flexibility index (Phi) is 7.33. The minimum atomic E-state index is -0.166. The van der Waals surface area contributed by atoms with Gasteiger partial charge in [0.05, 0.1) is 15.7 Å². The highest BCUT2D eigenvalue weighted by Crippen LogP contribution is 2.31. The lowest BCUT2D eigenvalue weighted by molar-refractivity contribution is -0.116. The van der Waals surface area contributed by atoms with Crippen molar-refractivity contribution in [2.24, 2.45) is 0 Å². The first-order chi connectivity index (χ1) is 15.0. The summed E-state index contributed by atoms with van der Waals surface area (Å²) in [5, 5.41) is 14.0. The average molecular weight is 468 g/mol. The number of carbonyl (C=O) groups excluding carboxylic acids is 1. The summed E-state index contributed by atoms with van der Waals surface area (Å²) in [6.45, 7) is 10.2.